The van der Waals surface area contributed by atoms with Gasteiger partial charge in [-0.15, -0.1) is 4.39 Å². The van der Waals surface area contributed by atoms with E-state index < -0.39 is 6.22 Å². The van der Waals surface area contributed by atoms with Crippen molar-refractivity contribution in [1.82, 2.24) is 0 Å². The van der Waals surface area contributed by atoms with Gasteiger partial charge in [0, 0.05) is 5.41 Å². The van der Waals surface area contributed by atoms with E-state index in [0.29, 0.717) is 0 Å². The first-order valence-corrected chi connectivity index (χ1v) is 2.90. The second-order valence-electron chi connectivity index (χ2n) is 3.01. The van der Waals surface area contributed by atoms with Crippen molar-refractivity contribution in [2.24, 2.45) is 5.41 Å². The highest BCUT2D eigenvalue weighted by atomic mass is 19.1. The fraction of sp³-hybridized carbons (Fsp3) is 0.571. The van der Waals surface area contributed by atoms with Gasteiger partial charge in [-0.05, 0) is 0 Å². The number of carbonyl (C=O) groups excluding carboxylic acids is 1. The molecule has 0 aliphatic rings. The first-order valence-electron chi connectivity index (χ1n) is 2.90. The van der Waals surface area contributed by atoms with Crippen molar-refractivity contribution in [3.05, 3.63) is 12.3 Å². The maximum Gasteiger partial charge on any atom is 0.500 e. The Kier molecular flexibility index (Phi) is 2.57. The molecular formula is C7H11FO2. The molecule has 0 saturated heterocycles. The van der Waals surface area contributed by atoms with E-state index in [1.807, 2.05) is 0 Å². The Labute approximate surface area is 59.7 Å². The van der Waals surface area contributed by atoms with Crippen LogP contribution in [0.3, 0.4) is 0 Å². The van der Waals surface area contributed by atoms with Crippen molar-refractivity contribution in [1.29, 1.82) is 0 Å². The Morgan fingerprint density at radius 3 is 2.00 bits per heavy atom. The van der Waals surface area contributed by atoms with Crippen LogP contribution in [0.5, 0.6) is 0 Å². The van der Waals surface area contributed by atoms with Crippen molar-refractivity contribution in [2.75, 3.05) is 0 Å². The standard InChI is InChI=1S/C7H11FO2/c1-5(7(2,3)4)10-6(8)9/h1H2,2-4H3. The van der Waals surface area contributed by atoms with E-state index in [2.05, 4.69) is 11.3 Å². The number of ether oxygens (including phenoxy) is 1. The summed E-state index contributed by atoms with van der Waals surface area (Å²) in [4.78, 5) is 9.75. The lowest BCUT2D eigenvalue weighted by Gasteiger charge is -2.18. The molecule has 0 fully saturated rings. The average molecular weight is 146 g/mol. The molecule has 2 nitrogen and oxygen atoms in total. The van der Waals surface area contributed by atoms with Crippen LogP contribution in [0, 0.1) is 5.41 Å². The molecule has 0 atom stereocenters. The molecule has 0 aromatic heterocycles. The molecule has 0 radical (unpaired) electrons. The number of halogens is 1. The maximum absolute atomic E-state index is 11.6. The number of carbonyl (C=O) groups is 1. The Balaban J connectivity index is 3.99. The number of rotatable bonds is 1. The van der Waals surface area contributed by atoms with Gasteiger partial charge >= 0.3 is 6.22 Å². The van der Waals surface area contributed by atoms with Crippen LogP contribution in [0.25, 0.3) is 0 Å². The van der Waals surface area contributed by atoms with Crippen molar-refractivity contribution in [3.63, 3.8) is 0 Å². The highest BCUT2D eigenvalue weighted by Crippen LogP contribution is 2.24. The third-order valence-electron chi connectivity index (χ3n) is 1.04. The zero-order valence-electron chi connectivity index (χ0n) is 6.40. The Morgan fingerprint density at radius 1 is 1.50 bits per heavy atom. The topological polar surface area (TPSA) is 26.3 Å². The van der Waals surface area contributed by atoms with Crippen LogP contribution in [-0.4, -0.2) is 6.22 Å². The highest BCUT2D eigenvalue weighted by molar-refractivity contribution is 5.59. The van der Waals surface area contributed by atoms with Gasteiger partial charge in [-0.3, -0.25) is 0 Å². The van der Waals surface area contributed by atoms with Gasteiger partial charge in [0.2, 0.25) is 0 Å². The van der Waals surface area contributed by atoms with Gasteiger partial charge < -0.3 is 4.74 Å². The first-order chi connectivity index (χ1) is 4.34. The Hall–Kier alpha value is -0.860. The smallest absolute Gasteiger partial charge is 0.406 e. The van der Waals surface area contributed by atoms with Crippen LogP contribution >= 0.6 is 0 Å². The summed E-state index contributed by atoms with van der Waals surface area (Å²) in [6.45, 7) is 8.71. The van der Waals surface area contributed by atoms with Crippen LogP contribution in [-0.2, 0) is 4.74 Å². The van der Waals surface area contributed by atoms with Gasteiger partial charge in [0.15, 0.2) is 0 Å². The summed E-state index contributed by atoms with van der Waals surface area (Å²) in [5, 5.41) is 0. The van der Waals surface area contributed by atoms with E-state index >= 15 is 0 Å². The minimum atomic E-state index is -1.81. The summed E-state index contributed by atoms with van der Waals surface area (Å²) in [6, 6.07) is 0. The lowest BCUT2D eigenvalue weighted by atomic mass is 9.95. The van der Waals surface area contributed by atoms with Crippen molar-refractivity contribution in [3.8, 4) is 0 Å². The van der Waals surface area contributed by atoms with Crippen molar-refractivity contribution < 1.29 is 13.9 Å². The zero-order chi connectivity index (χ0) is 8.36. The Bertz CT molecular complexity index is 155. The molecule has 3 heteroatoms. The summed E-state index contributed by atoms with van der Waals surface area (Å²) in [7, 11) is 0. The molecule has 10 heavy (non-hydrogen) atoms. The third-order valence-corrected chi connectivity index (χ3v) is 1.04. The van der Waals surface area contributed by atoms with Crippen LogP contribution in [0.4, 0.5) is 9.18 Å². The van der Waals surface area contributed by atoms with E-state index in [1.165, 1.54) is 0 Å². The van der Waals surface area contributed by atoms with Crippen LogP contribution < -0.4 is 0 Å². The molecule has 0 amide bonds. The second-order valence-corrected chi connectivity index (χ2v) is 3.01. The van der Waals surface area contributed by atoms with E-state index in [9.17, 15) is 9.18 Å². The predicted molar refractivity (Wildman–Crippen MR) is 36.2 cm³/mol. The molecule has 0 aliphatic heterocycles. The minimum Gasteiger partial charge on any atom is -0.406 e. The molecule has 0 unspecified atom stereocenters. The predicted octanol–water partition coefficient (Wildman–Crippen LogP) is 2.65. The van der Waals surface area contributed by atoms with Crippen LogP contribution in [0.1, 0.15) is 20.8 Å². The SMILES string of the molecule is C=C(OC(=O)F)C(C)(C)C. The molecule has 0 rings (SSSR count). The second kappa shape index (κ2) is 2.82. The van der Waals surface area contributed by atoms with Crippen molar-refractivity contribution >= 4 is 6.22 Å². The summed E-state index contributed by atoms with van der Waals surface area (Å²) in [5.41, 5.74) is -0.387. The highest BCUT2D eigenvalue weighted by Gasteiger charge is 2.18. The minimum absolute atomic E-state index is 0.139. The average Bonchev–Trinajstić information content (AvgIpc) is 1.60. The molecule has 58 valence electrons. The fourth-order valence-corrected chi connectivity index (χ4v) is 0.250. The summed E-state index contributed by atoms with van der Waals surface area (Å²) < 4.78 is 15.7. The number of hydrogen-bond acceptors (Lipinski definition) is 2. The lowest BCUT2D eigenvalue weighted by molar-refractivity contribution is 0.130. The number of allylic oxidation sites excluding steroid dienone is 1. The van der Waals surface area contributed by atoms with Gasteiger partial charge in [-0.1, -0.05) is 27.4 Å². The monoisotopic (exact) mass is 146 g/mol. The normalized spacial score (nSPS) is 10.8. The van der Waals surface area contributed by atoms with Gasteiger partial charge in [-0.2, -0.15) is 0 Å². The largest absolute Gasteiger partial charge is 0.500 e. The molecule has 0 aromatic rings. The van der Waals surface area contributed by atoms with E-state index in [4.69, 9.17) is 0 Å². The van der Waals surface area contributed by atoms with Gasteiger partial charge in [0.25, 0.3) is 0 Å². The van der Waals surface area contributed by atoms with Gasteiger partial charge in [0.1, 0.15) is 5.76 Å². The molecule has 0 bridgehead atoms. The van der Waals surface area contributed by atoms with E-state index in [0.717, 1.165) is 0 Å². The molecular weight excluding hydrogens is 135 g/mol. The lowest BCUT2D eigenvalue weighted by Crippen LogP contribution is -2.12. The van der Waals surface area contributed by atoms with Crippen molar-refractivity contribution in [2.45, 2.75) is 20.8 Å². The molecule has 0 N–H and O–H groups in total. The van der Waals surface area contributed by atoms with Gasteiger partial charge in [-0.25, -0.2) is 4.79 Å². The zero-order valence-corrected chi connectivity index (χ0v) is 6.40. The molecule has 0 heterocycles. The molecule has 0 aromatic carbocycles. The maximum atomic E-state index is 11.6. The van der Waals surface area contributed by atoms with Crippen LogP contribution in [0.2, 0.25) is 0 Å². The van der Waals surface area contributed by atoms with Crippen LogP contribution in [0.15, 0.2) is 12.3 Å². The van der Waals surface area contributed by atoms with E-state index in [1.54, 1.807) is 20.8 Å². The quantitative estimate of drug-likeness (QED) is 0.420. The summed E-state index contributed by atoms with van der Waals surface area (Å²) >= 11 is 0. The first kappa shape index (κ1) is 9.14. The number of hydrogen-bond donors (Lipinski definition) is 0. The third kappa shape index (κ3) is 3.22. The summed E-state index contributed by atoms with van der Waals surface area (Å²) in [6.07, 6.45) is -1.81. The fourth-order valence-electron chi connectivity index (χ4n) is 0.250. The van der Waals surface area contributed by atoms with Gasteiger partial charge in [0.05, 0.1) is 0 Å². The molecule has 0 saturated carbocycles. The Morgan fingerprint density at radius 2 is 1.90 bits per heavy atom. The van der Waals surface area contributed by atoms with E-state index in [-0.39, 0.29) is 11.2 Å². The summed E-state index contributed by atoms with van der Waals surface area (Å²) in [5.74, 6) is 0.139. The molecule has 0 spiro atoms. The molecule has 0 aliphatic carbocycles.